The lowest BCUT2D eigenvalue weighted by molar-refractivity contribution is -0.118. The molecule has 0 saturated carbocycles. The molecule has 24 heavy (non-hydrogen) atoms. The van der Waals surface area contributed by atoms with Gasteiger partial charge in [-0.15, -0.1) is 0 Å². The Morgan fingerprint density at radius 2 is 2.04 bits per heavy atom. The fourth-order valence-electron chi connectivity index (χ4n) is 2.50. The van der Waals surface area contributed by atoms with E-state index >= 15 is 0 Å². The summed E-state index contributed by atoms with van der Waals surface area (Å²) in [4.78, 5) is 12.3. The monoisotopic (exact) mass is 331 g/mol. The molecule has 7 nitrogen and oxygen atoms in total. The number of carbonyl (C=O) groups is 1. The number of fused-ring (bicyclic) bond motifs is 1. The van der Waals surface area contributed by atoms with Gasteiger partial charge in [0.25, 0.3) is 0 Å². The number of anilines is 1. The number of nitrogens with zero attached hydrogens (tertiary/aromatic N) is 1. The highest BCUT2D eigenvalue weighted by Gasteiger charge is 2.18. The number of rotatable bonds is 6. The predicted octanol–water partition coefficient (Wildman–Crippen LogP) is 2.26. The molecular formula is C17H21N3O4. The number of hydrogen-bond acceptors (Lipinski definition) is 6. The molecular weight excluding hydrogens is 310 g/mol. The summed E-state index contributed by atoms with van der Waals surface area (Å²) >= 11 is 0. The molecule has 2 N–H and O–H groups in total. The van der Waals surface area contributed by atoms with Crippen molar-refractivity contribution < 1.29 is 18.8 Å². The van der Waals surface area contributed by atoms with Crippen molar-refractivity contribution in [2.75, 3.05) is 18.5 Å². The molecule has 7 heteroatoms. The van der Waals surface area contributed by atoms with Crippen LogP contribution in [0.5, 0.6) is 11.5 Å². The summed E-state index contributed by atoms with van der Waals surface area (Å²) in [7, 11) is 0. The van der Waals surface area contributed by atoms with E-state index in [-0.39, 0.29) is 11.9 Å². The van der Waals surface area contributed by atoms with Crippen LogP contribution in [0.4, 0.5) is 5.82 Å². The summed E-state index contributed by atoms with van der Waals surface area (Å²) in [6.45, 7) is 5.42. The summed E-state index contributed by atoms with van der Waals surface area (Å²) in [5.41, 5.74) is 1.03. The van der Waals surface area contributed by atoms with Crippen LogP contribution in [0.3, 0.4) is 0 Å². The van der Waals surface area contributed by atoms with E-state index in [2.05, 4.69) is 15.8 Å². The van der Waals surface area contributed by atoms with Crippen molar-refractivity contribution in [1.29, 1.82) is 0 Å². The van der Waals surface area contributed by atoms with E-state index in [1.54, 1.807) is 13.0 Å². The van der Waals surface area contributed by atoms with Gasteiger partial charge in [0.15, 0.2) is 17.3 Å². The van der Waals surface area contributed by atoms with Crippen LogP contribution in [0.1, 0.15) is 24.7 Å². The first-order chi connectivity index (χ1) is 11.7. The average Bonchev–Trinajstić information content (AvgIpc) is 3.00. The molecule has 0 spiro atoms. The van der Waals surface area contributed by atoms with Crippen LogP contribution in [0.15, 0.2) is 28.8 Å². The van der Waals surface area contributed by atoms with E-state index < -0.39 is 0 Å². The fraction of sp³-hybridized carbons (Fsp3) is 0.412. The van der Waals surface area contributed by atoms with E-state index in [0.29, 0.717) is 37.8 Å². The quantitative estimate of drug-likeness (QED) is 0.844. The van der Waals surface area contributed by atoms with Crippen LogP contribution in [0.25, 0.3) is 0 Å². The molecule has 0 unspecified atom stereocenters. The van der Waals surface area contributed by atoms with Gasteiger partial charge >= 0.3 is 0 Å². The molecule has 2 aromatic rings. The van der Waals surface area contributed by atoms with E-state index in [1.807, 2.05) is 25.1 Å². The van der Waals surface area contributed by atoms with Crippen LogP contribution < -0.4 is 20.1 Å². The van der Waals surface area contributed by atoms with Crippen molar-refractivity contribution in [3.63, 3.8) is 0 Å². The minimum Gasteiger partial charge on any atom is -0.486 e. The Balaban J connectivity index is 1.58. The molecule has 128 valence electrons. The summed E-state index contributed by atoms with van der Waals surface area (Å²) in [6, 6.07) is 7.16. The van der Waals surface area contributed by atoms with Gasteiger partial charge in [0.05, 0.1) is 6.04 Å². The van der Waals surface area contributed by atoms with Crippen molar-refractivity contribution in [3.05, 3.63) is 35.6 Å². The van der Waals surface area contributed by atoms with Gasteiger partial charge < -0.3 is 24.6 Å². The number of aromatic nitrogens is 1. The molecule has 1 aliphatic rings. The largest absolute Gasteiger partial charge is 0.486 e. The van der Waals surface area contributed by atoms with Crippen molar-refractivity contribution in [3.8, 4) is 11.5 Å². The molecule has 1 aromatic carbocycles. The molecule has 1 aromatic heterocycles. The standard InChI is InChI=1S/C17H21N3O4/c1-3-13(17(21)19-16-8-11(2)24-20-16)18-10-12-4-5-14-15(9-12)23-7-6-22-14/h4-5,8-9,13,18H,3,6-7,10H2,1-2H3,(H,19,20,21)/t13-/m0/s1. The maximum atomic E-state index is 12.3. The Hall–Kier alpha value is -2.54. The molecule has 0 saturated heterocycles. The zero-order valence-electron chi connectivity index (χ0n) is 13.8. The number of hydrogen-bond donors (Lipinski definition) is 2. The zero-order chi connectivity index (χ0) is 16.9. The van der Waals surface area contributed by atoms with Gasteiger partial charge in [-0.3, -0.25) is 4.79 Å². The van der Waals surface area contributed by atoms with Gasteiger partial charge in [0, 0.05) is 12.6 Å². The van der Waals surface area contributed by atoms with E-state index in [1.165, 1.54) is 0 Å². The summed E-state index contributed by atoms with van der Waals surface area (Å²) < 4.78 is 16.0. The second kappa shape index (κ2) is 7.35. The molecule has 3 rings (SSSR count). The predicted molar refractivity (Wildman–Crippen MR) is 88.2 cm³/mol. The Bertz CT molecular complexity index is 714. The van der Waals surface area contributed by atoms with Crippen LogP contribution >= 0.6 is 0 Å². The summed E-state index contributed by atoms with van der Waals surface area (Å²) in [5.74, 6) is 2.45. The molecule has 1 amide bonds. The number of nitrogens with one attached hydrogen (secondary N) is 2. The van der Waals surface area contributed by atoms with E-state index in [9.17, 15) is 4.79 Å². The molecule has 2 heterocycles. The first kappa shape index (κ1) is 16.3. The molecule has 0 aliphatic carbocycles. The fourth-order valence-corrected chi connectivity index (χ4v) is 2.50. The van der Waals surface area contributed by atoms with Gasteiger partial charge in [-0.25, -0.2) is 0 Å². The van der Waals surface area contributed by atoms with Crippen LogP contribution in [-0.2, 0) is 11.3 Å². The first-order valence-corrected chi connectivity index (χ1v) is 8.02. The number of aryl methyl sites for hydroxylation is 1. The molecule has 0 fully saturated rings. The SMILES string of the molecule is CC[C@H](NCc1ccc2c(c1)OCCO2)C(=O)Nc1cc(C)on1. The van der Waals surface area contributed by atoms with Crippen LogP contribution in [0.2, 0.25) is 0 Å². The highest BCUT2D eigenvalue weighted by Crippen LogP contribution is 2.30. The lowest BCUT2D eigenvalue weighted by Crippen LogP contribution is -2.39. The minimum atomic E-state index is -0.324. The van der Waals surface area contributed by atoms with Crippen LogP contribution in [0, 0.1) is 6.92 Å². The van der Waals surface area contributed by atoms with Gasteiger partial charge in [-0.2, -0.15) is 0 Å². The van der Waals surface area contributed by atoms with Gasteiger partial charge in [0.2, 0.25) is 5.91 Å². The zero-order valence-corrected chi connectivity index (χ0v) is 13.8. The average molecular weight is 331 g/mol. The van der Waals surface area contributed by atoms with Gasteiger partial charge in [-0.05, 0) is 31.0 Å². The Morgan fingerprint density at radius 3 is 2.75 bits per heavy atom. The number of benzene rings is 1. The summed E-state index contributed by atoms with van der Waals surface area (Å²) in [5, 5.41) is 9.78. The van der Waals surface area contributed by atoms with E-state index in [0.717, 1.165) is 17.1 Å². The smallest absolute Gasteiger partial charge is 0.242 e. The third-order valence-electron chi connectivity index (χ3n) is 3.76. The lowest BCUT2D eigenvalue weighted by atomic mass is 10.1. The third-order valence-corrected chi connectivity index (χ3v) is 3.76. The lowest BCUT2D eigenvalue weighted by Gasteiger charge is -2.20. The first-order valence-electron chi connectivity index (χ1n) is 8.02. The van der Waals surface area contributed by atoms with Crippen molar-refractivity contribution in [2.24, 2.45) is 0 Å². The topological polar surface area (TPSA) is 85.6 Å². The number of ether oxygens (including phenoxy) is 2. The number of carbonyl (C=O) groups excluding carboxylic acids is 1. The maximum absolute atomic E-state index is 12.3. The maximum Gasteiger partial charge on any atom is 0.242 e. The minimum absolute atomic E-state index is 0.136. The third kappa shape index (κ3) is 3.86. The van der Waals surface area contributed by atoms with Gasteiger partial charge in [-0.1, -0.05) is 18.1 Å². The normalized spacial score (nSPS) is 14.2. The Morgan fingerprint density at radius 1 is 1.25 bits per heavy atom. The highest BCUT2D eigenvalue weighted by molar-refractivity contribution is 5.93. The van der Waals surface area contributed by atoms with E-state index in [4.69, 9.17) is 14.0 Å². The van der Waals surface area contributed by atoms with Crippen molar-refractivity contribution in [1.82, 2.24) is 10.5 Å². The Labute approximate surface area is 140 Å². The second-order valence-corrected chi connectivity index (χ2v) is 5.63. The van der Waals surface area contributed by atoms with Crippen LogP contribution in [-0.4, -0.2) is 30.3 Å². The molecule has 1 atom stereocenters. The van der Waals surface area contributed by atoms with Gasteiger partial charge in [0.1, 0.15) is 19.0 Å². The molecule has 1 aliphatic heterocycles. The van der Waals surface area contributed by atoms with Crippen molar-refractivity contribution in [2.45, 2.75) is 32.9 Å². The second-order valence-electron chi connectivity index (χ2n) is 5.63. The molecule has 0 radical (unpaired) electrons. The highest BCUT2D eigenvalue weighted by atomic mass is 16.6. The Kier molecular flexibility index (Phi) is 5.00. The number of amides is 1. The van der Waals surface area contributed by atoms with Crippen molar-refractivity contribution >= 4 is 11.7 Å². The summed E-state index contributed by atoms with van der Waals surface area (Å²) in [6.07, 6.45) is 0.660. The molecule has 0 bridgehead atoms.